The molecule has 1 aromatic rings. The first-order valence-electron chi connectivity index (χ1n) is 6.81. The summed E-state index contributed by atoms with van der Waals surface area (Å²) in [5.74, 6) is -0.521. The maximum absolute atomic E-state index is 13.8. The summed E-state index contributed by atoms with van der Waals surface area (Å²) < 4.78 is 52.1. The number of benzene rings is 1. The highest BCUT2D eigenvalue weighted by Gasteiger charge is 2.42. The van der Waals surface area contributed by atoms with Crippen molar-refractivity contribution in [2.75, 3.05) is 19.0 Å². The van der Waals surface area contributed by atoms with Crippen molar-refractivity contribution in [2.24, 2.45) is 11.8 Å². The number of alkyl halides is 1. The van der Waals surface area contributed by atoms with E-state index < -0.39 is 16.7 Å². The third kappa shape index (κ3) is 2.59. The van der Waals surface area contributed by atoms with Gasteiger partial charge in [0.15, 0.2) is 0 Å². The van der Waals surface area contributed by atoms with Crippen molar-refractivity contribution >= 4 is 10.0 Å². The predicted molar refractivity (Wildman–Crippen MR) is 71.9 cm³/mol. The molecule has 0 unspecified atom stereocenters. The normalized spacial score (nSPS) is 26.3. The standard InChI is InChI=1S/C14H17F2NO2S/c15-7-11-6-12(11)9-20(18,19)17-5-4-10-2-1-3-14(16)13(10)8-17/h1-3,11-12H,4-9H2/t11-,12-/m0/s1. The fourth-order valence-electron chi connectivity index (χ4n) is 2.83. The predicted octanol–water partition coefficient (Wildman–Crippen LogP) is 2.12. The Bertz CT molecular complexity index is 618. The third-order valence-electron chi connectivity index (χ3n) is 4.27. The molecule has 2 aliphatic rings. The minimum Gasteiger partial charge on any atom is -0.251 e. The first kappa shape index (κ1) is 13.9. The van der Waals surface area contributed by atoms with E-state index in [4.69, 9.17) is 0 Å². The van der Waals surface area contributed by atoms with Crippen LogP contribution >= 0.6 is 0 Å². The molecule has 3 nitrogen and oxygen atoms in total. The van der Waals surface area contributed by atoms with Crippen LogP contribution in [0.25, 0.3) is 0 Å². The molecule has 1 fully saturated rings. The van der Waals surface area contributed by atoms with Gasteiger partial charge in [-0.05, 0) is 36.3 Å². The van der Waals surface area contributed by atoms with Gasteiger partial charge < -0.3 is 0 Å². The van der Waals surface area contributed by atoms with Gasteiger partial charge in [0.05, 0.1) is 12.4 Å². The molecule has 0 amide bonds. The van der Waals surface area contributed by atoms with E-state index in [1.54, 1.807) is 6.07 Å². The van der Waals surface area contributed by atoms with Crippen LogP contribution in [-0.2, 0) is 23.0 Å². The van der Waals surface area contributed by atoms with Gasteiger partial charge in [0, 0.05) is 18.7 Å². The van der Waals surface area contributed by atoms with Crippen molar-refractivity contribution in [3.63, 3.8) is 0 Å². The maximum atomic E-state index is 13.8. The Hall–Kier alpha value is -1.01. The minimum absolute atomic E-state index is 0.00856. The van der Waals surface area contributed by atoms with Gasteiger partial charge in [0.2, 0.25) is 10.0 Å². The number of hydrogen-bond acceptors (Lipinski definition) is 2. The average Bonchev–Trinajstić information content (AvgIpc) is 3.16. The number of nitrogens with zero attached hydrogens (tertiary/aromatic N) is 1. The van der Waals surface area contributed by atoms with E-state index in [0.717, 1.165) is 5.56 Å². The SMILES string of the molecule is O=S(=O)(C[C@@H]1C[C@H]1CF)N1CCc2cccc(F)c2C1. The topological polar surface area (TPSA) is 37.4 Å². The second-order valence-electron chi connectivity index (χ2n) is 5.65. The monoisotopic (exact) mass is 301 g/mol. The van der Waals surface area contributed by atoms with Gasteiger partial charge in [-0.15, -0.1) is 0 Å². The summed E-state index contributed by atoms with van der Waals surface area (Å²) in [7, 11) is -3.42. The van der Waals surface area contributed by atoms with E-state index in [0.29, 0.717) is 24.9 Å². The number of rotatable bonds is 4. The van der Waals surface area contributed by atoms with Crippen LogP contribution < -0.4 is 0 Å². The van der Waals surface area contributed by atoms with Crippen molar-refractivity contribution < 1.29 is 17.2 Å². The molecular formula is C14H17F2NO2S. The van der Waals surface area contributed by atoms with E-state index in [1.807, 2.05) is 6.07 Å². The molecule has 0 radical (unpaired) electrons. The molecule has 0 saturated heterocycles. The van der Waals surface area contributed by atoms with Crippen LogP contribution in [0.15, 0.2) is 18.2 Å². The molecule has 0 spiro atoms. The number of halogens is 2. The highest BCUT2D eigenvalue weighted by atomic mass is 32.2. The first-order chi connectivity index (χ1) is 9.51. The number of hydrogen-bond donors (Lipinski definition) is 0. The Morgan fingerprint density at radius 3 is 2.80 bits per heavy atom. The Morgan fingerprint density at radius 2 is 2.10 bits per heavy atom. The van der Waals surface area contributed by atoms with Crippen LogP contribution in [0.4, 0.5) is 8.78 Å². The third-order valence-corrected chi connectivity index (χ3v) is 6.21. The van der Waals surface area contributed by atoms with Crippen LogP contribution in [0.1, 0.15) is 17.5 Å². The molecule has 0 aromatic heterocycles. The molecule has 2 atom stereocenters. The second-order valence-corrected chi connectivity index (χ2v) is 7.66. The van der Waals surface area contributed by atoms with Crippen molar-refractivity contribution in [1.82, 2.24) is 4.31 Å². The minimum atomic E-state index is -3.42. The van der Waals surface area contributed by atoms with E-state index >= 15 is 0 Å². The smallest absolute Gasteiger partial charge is 0.214 e. The largest absolute Gasteiger partial charge is 0.251 e. The lowest BCUT2D eigenvalue weighted by atomic mass is 10.0. The van der Waals surface area contributed by atoms with E-state index in [-0.39, 0.29) is 30.0 Å². The molecule has 1 aromatic carbocycles. The second kappa shape index (κ2) is 5.07. The lowest BCUT2D eigenvalue weighted by molar-refractivity contribution is 0.378. The fourth-order valence-corrected chi connectivity index (χ4v) is 4.69. The summed E-state index contributed by atoms with van der Waals surface area (Å²) in [6.45, 7) is 0.0286. The Morgan fingerprint density at radius 1 is 1.30 bits per heavy atom. The summed E-state index contributed by atoms with van der Waals surface area (Å²) in [6, 6.07) is 4.84. The van der Waals surface area contributed by atoms with Crippen LogP contribution in [0.2, 0.25) is 0 Å². The molecule has 110 valence electrons. The lowest BCUT2D eigenvalue weighted by Gasteiger charge is -2.28. The summed E-state index contributed by atoms with van der Waals surface area (Å²) in [6.07, 6.45) is 1.18. The van der Waals surface area contributed by atoms with Crippen LogP contribution in [0, 0.1) is 17.7 Å². The van der Waals surface area contributed by atoms with Crippen LogP contribution in [0.5, 0.6) is 0 Å². The van der Waals surface area contributed by atoms with Gasteiger partial charge in [0.1, 0.15) is 5.82 Å². The highest BCUT2D eigenvalue weighted by Crippen LogP contribution is 2.40. The number of fused-ring (bicyclic) bond motifs is 1. The van der Waals surface area contributed by atoms with Crippen molar-refractivity contribution in [3.05, 3.63) is 35.1 Å². The maximum Gasteiger partial charge on any atom is 0.214 e. The zero-order valence-corrected chi connectivity index (χ0v) is 11.9. The summed E-state index contributed by atoms with van der Waals surface area (Å²) in [4.78, 5) is 0. The van der Waals surface area contributed by atoms with E-state index in [9.17, 15) is 17.2 Å². The zero-order chi connectivity index (χ0) is 14.3. The van der Waals surface area contributed by atoms with Crippen molar-refractivity contribution in [3.8, 4) is 0 Å². The van der Waals surface area contributed by atoms with E-state index in [1.165, 1.54) is 10.4 Å². The molecule has 1 aliphatic heterocycles. The van der Waals surface area contributed by atoms with Gasteiger partial charge in [-0.3, -0.25) is 4.39 Å². The quantitative estimate of drug-likeness (QED) is 0.854. The van der Waals surface area contributed by atoms with Crippen molar-refractivity contribution in [1.29, 1.82) is 0 Å². The molecule has 3 rings (SSSR count). The molecule has 1 heterocycles. The first-order valence-corrected chi connectivity index (χ1v) is 8.42. The van der Waals surface area contributed by atoms with Crippen molar-refractivity contribution in [2.45, 2.75) is 19.4 Å². The van der Waals surface area contributed by atoms with Crippen LogP contribution in [0.3, 0.4) is 0 Å². The molecule has 1 aliphatic carbocycles. The molecule has 6 heteroatoms. The van der Waals surface area contributed by atoms with Gasteiger partial charge in [-0.2, -0.15) is 4.31 Å². The summed E-state index contributed by atoms with van der Waals surface area (Å²) >= 11 is 0. The van der Waals surface area contributed by atoms with Crippen LogP contribution in [-0.4, -0.2) is 31.7 Å². The Kier molecular flexibility index (Phi) is 3.54. The molecule has 20 heavy (non-hydrogen) atoms. The highest BCUT2D eigenvalue weighted by molar-refractivity contribution is 7.89. The van der Waals surface area contributed by atoms with Gasteiger partial charge in [-0.1, -0.05) is 12.1 Å². The number of sulfonamides is 1. The molecule has 0 bridgehead atoms. The molecule has 1 saturated carbocycles. The van der Waals surface area contributed by atoms with Gasteiger partial charge >= 0.3 is 0 Å². The summed E-state index contributed by atoms with van der Waals surface area (Å²) in [5.41, 5.74) is 1.35. The Balaban J connectivity index is 1.74. The van der Waals surface area contributed by atoms with Gasteiger partial charge in [0.25, 0.3) is 0 Å². The fraction of sp³-hybridized carbons (Fsp3) is 0.571. The average molecular weight is 301 g/mol. The zero-order valence-electron chi connectivity index (χ0n) is 11.1. The van der Waals surface area contributed by atoms with Gasteiger partial charge in [-0.25, -0.2) is 12.8 Å². The molecule has 0 N–H and O–H groups in total. The Labute approximate surface area is 117 Å². The van der Waals surface area contributed by atoms with E-state index in [2.05, 4.69) is 0 Å². The lowest BCUT2D eigenvalue weighted by Crippen LogP contribution is -2.38. The molecular weight excluding hydrogens is 284 g/mol. The summed E-state index contributed by atoms with van der Waals surface area (Å²) in [5, 5.41) is 0.